The summed E-state index contributed by atoms with van der Waals surface area (Å²) in [5, 5.41) is 2.43. The quantitative estimate of drug-likeness (QED) is 0.857. The van der Waals surface area contributed by atoms with Gasteiger partial charge in [0.15, 0.2) is 0 Å². The lowest BCUT2D eigenvalue weighted by Crippen LogP contribution is -2.47. The minimum atomic E-state index is -1.02. The molecule has 0 heterocycles. The molecule has 3 N–H and O–H groups in total. The Labute approximate surface area is 152 Å². The van der Waals surface area contributed by atoms with E-state index in [-0.39, 0.29) is 18.4 Å². The summed E-state index contributed by atoms with van der Waals surface area (Å²) in [7, 11) is 1.71. The molecule has 0 fully saturated rings. The van der Waals surface area contributed by atoms with Crippen LogP contribution in [0, 0.1) is 0 Å². The van der Waals surface area contributed by atoms with Crippen molar-refractivity contribution >= 4 is 17.7 Å². The highest BCUT2D eigenvalue weighted by Crippen LogP contribution is 2.45. The lowest BCUT2D eigenvalue weighted by Gasteiger charge is -2.28. The summed E-state index contributed by atoms with van der Waals surface area (Å²) < 4.78 is 0. The smallest absolute Gasteiger partial charge is 0.240 e. The molecule has 1 aliphatic carbocycles. The molecule has 1 aliphatic rings. The standard InChI is InChI=1S/C20H21N3O3/c1-12(24)22-17(20(21)26)11-18(25)23(2)19-15-9-5-3-7-13(15)14-8-4-6-10-16(14)19/h3-10,17,19H,11H2,1-2H3,(H2,21,26)(H,22,24)/t17-/m0/s1. The van der Waals surface area contributed by atoms with E-state index in [0.717, 1.165) is 22.3 Å². The second kappa shape index (κ2) is 7.00. The van der Waals surface area contributed by atoms with Gasteiger partial charge in [0, 0.05) is 14.0 Å². The van der Waals surface area contributed by atoms with E-state index in [0.29, 0.717) is 0 Å². The highest BCUT2D eigenvalue weighted by atomic mass is 16.2. The molecule has 0 saturated heterocycles. The van der Waals surface area contributed by atoms with Crippen molar-refractivity contribution in [2.24, 2.45) is 5.73 Å². The van der Waals surface area contributed by atoms with Gasteiger partial charge in [-0.3, -0.25) is 14.4 Å². The van der Waals surface area contributed by atoms with Crippen molar-refractivity contribution in [3.63, 3.8) is 0 Å². The maximum Gasteiger partial charge on any atom is 0.240 e. The average molecular weight is 351 g/mol. The number of nitrogens with two attached hydrogens (primary N) is 1. The number of carbonyl (C=O) groups is 3. The first-order valence-electron chi connectivity index (χ1n) is 8.40. The number of fused-ring (bicyclic) bond motifs is 3. The van der Waals surface area contributed by atoms with Crippen molar-refractivity contribution < 1.29 is 14.4 Å². The largest absolute Gasteiger partial charge is 0.368 e. The molecule has 6 nitrogen and oxygen atoms in total. The Morgan fingerprint density at radius 2 is 1.54 bits per heavy atom. The maximum atomic E-state index is 12.8. The van der Waals surface area contributed by atoms with Gasteiger partial charge >= 0.3 is 0 Å². The number of amides is 3. The van der Waals surface area contributed by atoms with Crippen molar-refractivity contribution in [2.45, 2.75) is 25.4 Å². The molecule has 1 atom stereocenters. The Morgan fingerprint density at radius 1 is 1.04 bits per heavy atom. The monoisotopic (exact) mass is 351 g/mol. The molecule has 0 unspecified atom stereocenters. The Kier molecular flexibility index (Phi) is 4.75. The van der Waals surface area contributed by atoms with E-state index >= 15 is 0 Å². The summed E-state index contributed by atoms with van der Waals surface area (Å²) in [5.41, 5.74) is 9.59. The molecule has 2 aromatic carbocycles. The zero-order chi connectivity index (χ0) is 18.8. The van der Waals surface area contributed by atoms with Gasteiger partial charge in [-0.25, -0.2) is 0 Å². The van der Waals surface area contributed by atoms with Crippen LogP contribution in [0.25, 0.3) is 11.1 Å². The number of hydrogen-bond donors (Lipinski definition) is 2. The van der Waals surface area contributed by atoms with Crippen molar-refractivity contribution in [3.8, 4) is 11.1 Å². The lowest BCUT2D eigenvalue weighted by molar-refractivity contribution is -0.135. The molecule has 0 saturated carbocycles. The second-order valence-electron chi connectivity index (χ2n) is 6.44. The molecule has 6 heteroatoms. The molecular weight excluding hydrogens is 330 g/mol. The highest BCUT2D eigenvalue weighted by molar-refractivity contribution is 5.91. The first-order valence-corrected chi connectivity index (χ1v) is 8.40. The minimum absolute atomic E-state index is 0.174. The van der Waals surface area contributed by atoms with E-state index in [4.69, 9.17) is 5.73 Å². The molecule has 0 bridgehead atoms. The number of nitrogens with one attached hydrogen (secondary N) is 1. The van der Waals surface area contributed by atoms with E-state index in [1.807, 2.05) is 48.5 Å². The third kappa shape index (κ3) is 3.18. The predicted molar refractivity (Wildman–Crippen MR) is 97.9 cm³/mol. The fourth-order valence-corrected chi connectivity index (χ4v) is 3.48. The normalized spacial score (nSPS) is 13.5. The van der Waals surface area contributed by atoms with E-state index in [1.54, 1.807) is 11.9 Å². The van der Waals surface area contributed by atoms with Crippen LogP contribution in [0.1, 0.15) is 30.5 Å². The molecule has 3 rings (SSSR count). The number of primary amides is 1. The average Bonchev–Trinajstić information content (AvgIpc) is 2.94. The first-order chi connectivity index (χ1) is 12.4. The van der Waals surface area contributed by atoms with Crippen LogP contribution in [0.3, 0.4) is 0 Å². The molecule has 134 valence electrons. The Balaban J connectivity index is 1.90. The fraction of sp³-hybridized carbons (Fsp3) is 0.250. The summed E-state index contributed by atoms with van der Waals surface area (Å²) >= 11 is 0. The number of nitrogens with zero attached hydrogens (tertiary/aromatic N) is 1. The van der Waals surface area contributed by atoms with Gasteiger partial charge in [0.25, 0.3) is 0 Å². The van der Waals surface area contributed by atoms with Crippen LogP contribution < -0.4 is 11.1 Å². The zero-order valence-electron chi connectivity index (χ0n) is 14.7. The van der Waals surface area contributed by atoms with Crippen molar-refractivity contribution in [1.82, 2.24) is 10.2 Å². The zero-order valence-corrected chi connectivity index (χ0v) is 14.7. The maximum absolute atomic E-state index is 12.8. The lowest BCUT2D eigenvalue weighted by atomic mass is 10.0. The van der Waals surface area contributed by atoms with Crippen LogP contribution >= 0.6 is 0 Å². The van der Waals surface area contributed by atoms with Gasteiger partial charge in [-0.15, -0.1) is 0 Å². The van der Waals surface area contributed by atoms with Crippen LogP contribution in [0.2, 0.25) is 0 Å². The highest BCUT2D eigenvalue weighted by Gasteiger charge is 2.34. The van der Waals surface area contributed by atoms with Crippen LogP contribution in [0.15, 0.2) is 48.5 Å². The summed E-state index contributed by atoms with van der Waals surface area (Å²) in [6, 6.07) is 14.7. The van der Waals surface area contributed by atoms with Crippen LogP contribution in [-0.4, -0.2) is 35.7 Å². The van der Waals surface area contributed by atoms with Gasteiger partial charge in [0.05, 0.1) is 12.5 Å². The number of benzene rings is 2. The minimum Gasteiger partial charge on any atom is -0.368 e. The molecule has 0 spiro atoms. The Morgan fingerprint density at radius 3 is 2.00 bits per heavy atom. The van der Waals surface area contributed by atoms with Crippen LogP contribution in [0.4, 0.5) is 0 Å². The number of hydrogen-bond acceptors (Lipinski definition) is 3. The molecule has 2 aromatic rings. The van der Waals surface area contributed by atoms with E-state index in [2.05, 4.69) is 5.32 Å². The summed E-state index contributed by atoms with van der Waals surface area (Å²) in [5.74, 6) is -1.39. The van der Waals surface area contributed by atoms with Gasteiger partial charge in [-0.2, -0.15) is 0 Å². The van der Waals surface area contributed by atoms with Crippen LogP contribution in [0.5, 0.6) is 0 Å². The van der Waals surface area contributed by atoms with Crippen molar-refractivity contribution in [3.05, 3.63) is 59.7 Å². The SMILES string of the molecule is CC(=O)N[C@@H](CC(=O)N(C)C1c2ccccc2-c2ccccc21)C(N)=O. The Bertz CT molecular complexity index is 833. The van der Waals surface area contributed by atoms with Gasteiger partial charge in [0.1, 0.15) is 6.04 Å². The molecule has 3 amide bonds. The third-order valence-electron chi connectivity index (χ3n) is 4.68. The van der Waals surface area contributed by atoms with Crippen molar-refractivity contribution in [2.75, 3.05) is 7.05 Å². The third-order valence-corrected chi connectivity index (χ3v) is 4.68. The summed E-state index contributed by atoms with van der Waals surface area (Å²) in [6.07, 6.45) is -0.174. The fourth-order valence-electron chi connectivity index (χ4n) is 3.48. The van der Waals surface area contributed by atoms with Gasteiger partial charge in [0.2, 0.25) is 17.7 Å². The molecule has 0 radical (unpaired) electrons. The summed E-state index contributed by atoms with van der Waals surface area (Å²) in [4.78, 5) is 37.2. The number of carbonyl (C=O) groups excluding carboxylic acids is 3. The molecule has 0 aromatic heterocycles. The summed E-state index contributed by atoms with van der Waals surface area (Å²) in [6.45, 7) is 1.29. The van der Waals surface area contributed by atoms with Gasteiger partial charge in [-0.1, -0.05) is 48.5 Å². The van der Waals surface area contributed by atoms with Crippen LogP contribution in [-0.2, 0) is 14.4 Å². The van der Waals surface area contributed by atoms with Gasteiger partial charge < -0.3 is 16.0 Å². The van der Waals surface area contributed by atoms with Crippen molar-refractivity contribution in [1.29, 1.82) is 0 Å². The molecule has 0 aliphatic heterocycles. The Hall–Kier alpha value is -3.15. The van der Waals surface area contributed by atoms with E-state index in [9.17, 15) is 14.4 Å². The van der Waals surface area contributed by atoms with E-state index in [1.165, 1.54) is 6.92 Å². The predicted octanol–water partition coefficient (Wildman–Crippen LogP) is 1.59. The molecular formula is C20H21N3O3. The molecule has 26 heavy (non-hydrogen) atoms. The second-order valence-corrected chi connectivity index (χ2v) is 6.44. The van der Waals surface area contributed by atoms with E-state index < -0.39 is 17.9 Å². The first kappa shape index (κ1) is 17.7. The van der Waals surface area contributed by atoms with Gasteiger partial charge in [-0.05, 0) is 22.3 Å². The topological polar surface area (TPSA) is 92.5 Å². The number of rotatable bonds is 5.